The fourth-order valence-electron chi connectivity index (χ4n) is 3.55. The van der Waals surface area contributed by atoms with E-state index in [9.17, 15) is 4.79 Å². The van der Waals surface area contributed by atoms with Gasteiger partial charge in [0, 0.05) is 12.1 Å². The number of carbonyl (C=O) groups is 1. The lowest BCUT2D eigenvalue weighted by molar-refractivity contribution is 0.0735. The summed E-state index contributed by atoms with van der Waals surface area (Å²) >= 11 is 0. The molecule has 0 aliphatic carbocycles. The fraction of sp³-hybridized carbons (Fsp3) is 0.300. The number of nitriles is 1. The molecule has 1 fully saturated rings. The largest absolute Gasteiger partial charge is 0.454 e. The van der Waals surface area contributed by atoms with Crippen LogP contribution in [0.3, 0.4) is 0 Å². The summed E-state index contributed by atoms with van der Waals surface area (Å²) in [4.78, 5) is 14.9. The number of hydrogen-bond donors (Lipinski definition) is 0. The zero-order valence-corrected chi connectivity index (χ0v) is 13.8. The average Bonchev–Trinajstić information content (AvgIpc) is 3.30. The van der Waals surface area contributed by atoms with Crippen molar-refractivity contribution < 1.29 is 14.3 Å². The Labute approximate surface area is 146 Å². The van der Waals surface area contributed by atoms with Gasteiger partial charge < -0.3 is 14.4 Å². The Morgan fingerprint density at radius 1 is 1.20 bits per heavy atom. The minimum atomic E-state index is 0.0138. The molecule has 126 valence electrons. The quantitative estimate of drug-likeness (QED) is 0.862. The molecule has 0 bridgehead atoms. The molecule has 5 nitrogen and oxygen atoms in total. The van der Waals surface area contributed by atoms with E-state index in [0.717, 1.165) is 42.0 Å². The van der Waals surface area contributed by atoms with E-state index in [0.29, 0.717) is 12.0 Å². The van der Waals surface area contributed by atoms with Crippen molar-refractivity contribution in [2.75, 3.05) is 13.3 Å². The lowest BCUT2D eigenvalue weighted by Crippen LogP contribution is -2.30. The second kappa shape index (κ2) is 6.48. The number of fused-ring (bicyclic) bond motifs is 1. The molecule has 0 saturated carbocycles. The average molecular weight is 334 g/mol. The van der Waals surface area contributed by atoms with Crippen LogP contribution in [-0.4, -0.2) is 24.1 Å². The fourth-order valence-corrected chi connectivity index (χ4v) is 3.55. The lowest BCUT2D eigenvalue weighted by atomic mass is 10.0. The highest BCUT2D eigenvalue weighted by molar-refractivity contribution is 5.95. The van der Waals surface area contributed by atoms with E-state index >= 15 is 0 Å². The minimum absolute atomic E-state index is 0.0138. The van der Waals surface area contributed by atoms with Gasteiger partial charge in [0.05, 0.1) is 18.5 Å². The van der Waals surface area contributed by atoms with Crippen molar-refractivity contribution in [2.45, 2.75) is 25.3 Å². The van der Waals surface area contributed by atoms with Crippen LogP contribution in [0.25, 0.3) is 0 Å². The SMILES string of the molecule is N#CCc1cccc(C(=O)N2CCC[C@@H]2c2ccc3c(c2)OCO3)c1. The van der Waals surface area contributed by atoms with Crippen molar-refractivity contribution in [3.63, 3.8) is 0 Å². The standard InChI is InChI=1S/C20H18N2O3/c21-9-8-14-3-1-4-16(11-14)20(23)22-10-2-5-17(22)15-6-7-18-19(12-15)25-13-24-18/h1,3-4,6-7,11-12,17H,2,5,8,10,13H2/t17-/m1/s1. The zero-order valence-electron chi connectivity index (χ0n) is 13.8. The summed E-state index contributed by atoms with van der Waals surface area (Å²) in [5.41, 5.74) is 2.58. The van der Waals surface area contributed by atoms with Crippen molar-refractivity contribution in [3.05, 3.63) is 59.2 Å². The van der Waals surface area contributed by atoms with Crippen LogP contribution in [0, 0.1) is 11.3 Å². The molecule has 25 heavy (non-hydrogen) atoms. The first-order valence-corrected chi connectivity index (χ1v) is 8.42. The number of hydrogen-bond acceptors (Lipinski definition) is 4. The van der Waals surface area contributed by atoms with Crippen molar-refractivity contribution >= 4 is 5.91 Å². The summed E-state index contributed by atoms with van der Waals surface area (Å²) in [5, 5.41) is 8.86. The van der Waals surface area contributed by atoms with Gasteiger partial charge in [0.25, 0.3) is 5.91 Å². The molecule has 1 atom stereocenters. The smallest absolute Gasteiger partial charge is 0.254 e. The summed E-state index contributed by atoms with van der Waals surface area (Å²) in [7, 11) is 0. The van der Waals surface area contributed by atoms with E-state index < -0.39 is 0 Å². The first kappa shape index (κ1) is 15.5. The van der Waals surface area contributed by atoms with E-state index in [1.807, 2.05) is 47.4 Å². The maximum Gasteiger partial charge on any atom is 0.254 e. The Morgan fingerprint density at radius 2 is 2.08 bits per heavy atom. The molecule has 0 N–H and O–H groups in total. The van der Waals surface area contributed by atoms with Gasteiger partial charge in [0.1, 0.15) is 0 Å². The second-order valence-electron chi connectivity index (χ2n) is 6.30. The molecule has 2 heterocycles. The number of rotatable bonds is 3. The maximum atomic E-state index is 13.0. The molecular formula is C20H18N2O3. The topological polar surface area (TPSA) is 62.6 Å². The molecule has 1 amide bonds. The van der Waals surface area contributed by atoms with Crippen molar-refractivity contribution in [2.24, 2.45) is 0 Å². The summed E-state index contributed by atoms with van der Waals surface area (Å²) in [6.07, 6.45) is 2.22. The van der Waals surface area contributed by atoms with Gasteiger partial charge in [-0.2, -0.15) is 5.26 Å². The number of amides is 1. The molecule has 2 aromatic rings. The number of likely N-dealkylation sites (tertiary alicyclic amines) is 1. The maximum absolute atomic E-state index is 13.0. The molecule has 2 aliphatic rings. The van der Waals surface area contributed by atoms with Crippen molar-refractivity contribution in [1.29, 1.82) is 5.26 Å². The number of carbonyl (C=O) groups excluding carboxylic acids is 1. The third kappa shape index (κ3) is 2.91. The van der Waals surface area contributed by atoms with Gasteiger partial charge in [0.2, 0.25) is 6.79 Å². The van der Waals surface area contributed by atoms with Crippen molar-refractivity contribution in [3.8, 4) is 17.6 Å². The van der Waals surface area contributed by atoms with Crippen LogP contribution in [0.15, 0.2) is 42.5 Å². The highest BCUT2D eigenvalue weighted by atomic mass is 16.7. The number of benzene rings is 2. The molecule has 5 heteroatoms. The molecular weight excluding hydrogens is 316 g/mol. The van der Waals surface area contributed by atoms with Gasteiger partial charge in [-0.25, -0.2) is 0 Å². The minimum Gasteiger partial charge on any atom is -0.454 e. The van der Waals surface area contributed by atoms with Crippen LogP contribution in [-0.2, 0) is 6.42 Å². The van der Waals surface area contributed by atoms with Gasteiger partial charge in [-0.15, -0.1) is 0 Å². The normalized spacial score (nSPS) is 18.2. The predicted octanol–water partition coefficient (Wildman–Crippen LogP) is 3.46. The first-order chi connectivity index (χ1) is 12.3. The van der Waals surface area contributed by atoms with Gasteiger partial charge in [0.15, 0.2) is 11.5 Å². The zero-order chi connectivity index (χ0) is 17.2. The number of ether oxygens (including phenoxy) is 2. The van der Waals surface area contributed by atoms with Crippen LogP contribution in [0.5, 0.6) is 11.5 Å². The van der Waals surface area contributed by atoms with Gasteiger partial charge in [-0.05, 0) is 48.2 Å². The molecule has 0 unspecified atom stereocenters. The third-order valence-corrected chi connectivity index (χ3v) is 4.75. The van der Waals surface area contributed by atoms with Crippen molar-refractivity contribution in [1.82, 2.24) is 4.90 Å². The molecule has 0 spiro atoms. The molecule has 2 aromatic carbocycles. The molecule has 0 aromatic heterocycles. The Hall–Kier alpha value is -3.00. The predicted molar refractivity (Wildman–Crippen MR) is 91.3 cm³/mol. The van der Waals surface area contributed by atoms with E-state index in [-0.39, 0.29) is 18.7 Å². The Balaban J connectivity index is 1.60. The van der Waals surface area contributed by atoms with Gasteiger partial charge >= 0.3 is 0 Å². The second-order valence-corrected chi connectivity index (χ2v) is 6.30. The Kier molecular flexibility index (Phi) is 4.02. The van der Waals surface area contributed by atoms with Crippen LogP contribution >= 0.6 is 0 Å². The molecule has 0 radical (unpaired) electrons. The Morgan fingerprint density at radius 3 is 2.96 bits per heavy atom. The Bertz CT molecular complexity index is 856. The van der Waals surface area contributed by atoms with E-state index in [1.54, 1.807) is 0 Å². The van der Waals surface area contributed by atoms with Crippen LogP contribution in [0.1, 0.15) is 40.4 Å². The van der Waals surface area contributed by atoms with Crippen LogP contribution in [0.4, 0.5) is 0 Å². The van der Waals surface area contributed by atoms with E-state index in [2.05, 4.69) is 6.07 Å². The summed E-state index contributed by atoms with van der Waals surface area (Å²) < 4.78 is 10.8. The summed E-state index contributed by atoms with van der Waals surface area (Å²) in [6, 6.07) is 15.4. The van der Waals surface area contributed by atoms with Crippen LogP contribution < -0.4 is 9.47 Å². The summed E-state index contributed by atoms with van der Waals surface area (Å²) in [5.74, 6) is 1.51. The first-order valence-electron chi connectivity index (χ1n) is 8.42. The van der Waals surface area contributed by atoms with E-state index in [1.165, 1.54) is 0 Å². The highest BCUT2D eigenvalue weighted by Gasteiger charge is 2.31. The third-order valence-electron chi connectivity index (χ3n) is 4.75. The van der Waals surface area contributed by atoms with E-state index in [4.69, 9.17) is 14.7 Å². The number of nitrogens with zero attached hydrogens (tertiary/aromatic N) is 2. The molecule has 4 rings (SSSR count). The monoisotopic (exact) mass is 334 g/mol. The molecule has 2 aliphatic heterocycles. The highest BCUT2D eigenvalue weighted by Crippen LogP contribution is 2.39. The summed E-state index contributed by atoms with van der Waals surface area (Å²) in [6.45, 7) is 0.984. The van der Waals surface area contributed by atoms with Gasteiger partial charge in [-0.3, -0.25) is 4.79 Å². The van der Waals surface area contributed by atoms with Gasteiger partial charge in [-0.1, -0.05) is 18.2 Å². The lowest BCUT2D eigenvalue weighted by Gasteiger charge is -2.25. The van der Waals surface area contributed by atoms with Crippen LogP contribution in [0.2, 0.25) is 0 Å². The molecule has 1 saturated heterocycles.